The van der Waals surface area contributed by atoms with Crippen molar-refractivity contribution in [1.29, 1.82) is 0 Å². The summed E-state index contributed by atoms with van der Waals surface area (Å²) in [5.41, 5.74) is 2.66. The van der Waals surface area contributed by atoms with Gasteiger partial charge < -0.3 is 10.2 Å². The van der Waals surface area contributed by atoms with Crippen molar-refractivity contribution in [2.45, 2.75) is 26.3 Å². The number of amides is 2. The quantitative estimate of drug-likeness (QED) is 0.708. The highest BCUT2D eigenvalue weighted by molar-refractivity contribution is 7.16. The van der Waals surface area contributed by atoms with Crippen LogP contribution >= 0.6 is 11.3 Å². The van der Waals surface area contributed by atoms with E-state index in [1.807, 2.05) is 45.0 Å². The summed E-state index contributed by atoms with van der Waals surface area (Å²) in [5, 5.41) is 4.17. The largest absolute Gasteiger partial charge is 0.355 e. The fourth-order valence-corrected chi connectivity index (χ4v) is 2.92. The number of hydrogen-bond donors (Lipinski definition) is 1. The average molecular weight is 357 g/mol. The Labute approximate surface area is 149 Å². The van der Waals surface area contributed by atoms with Crippen molar-refractivity contribution in [2.24, 2.45) is 0 Å². The van der Waals surface area contributed by atoms with Gasteiger partial charge in [-0.2, -0.15) is 10.0 Å². The maximum Gasteiger partial charge on any atom is 0.351 e. The van der Waals surface area contributed by atoms with Gasteiger partial charge in [0.1, 0.15) is 10.3 Å². The molecule has 1 N–H and O–H groups in total. The second-order valence-electron chi connectivity index (χ2n) is 5.88. The smallest absolute Gasteiger partial charge is 0.351 e. The third-order valence-electron chi connectivity index (χ3n) is 3.61. The first kappa shape index (κ1) is 17.1. The van der Waals surface area contributed by atoms with Crippen LogP contribution in [0.4, 0.5) is 4.79 Å². The number of nitrogens with zero attached hydrogens (tertiary/aromatic N) is 4. The van der Waals surface area contributed by atoms with E-state index in [2.05, 4.69) is 20.3 Å². The van der Waals surface area contributed by atoms with Gasteiger partial charge in [0.05, 0.1) is 23.3 Å². The summed E-state index contributed by atoms with van der Waals surface area (Å²) >= 11 is 1.42. The third-order valence-corrected chi connectivity index (χ3v) is 4.35. The van der Waals surface area contributed by atoms with Gasteiger partial charge in [0.15, 0.2) is 0 Å². The standard InChI is InChI=1S/C17H19N5O2S/c1-4-22(24-14-9-8-12-15(20-14)25-11-19-12)16(23)21-17(2,3)13-7-5-6-10-18-13/h5-11H,4H2,1-3H3,(H,21,23). The lowest BCUT2D eigenvalue weighted by Gasteiger charge is -2.29. The van der Waals surface area contributed by atoms with Crippen molar-refractivity contribution >= 4 is 27.7 Å². The average Bonchev–Trinajstić information content (AvgIpc) is 3.07. The lowest BCUT2D eigenvalue weighted by molar-refractivity contribution is -0.0154. The normalized spacial score (nSPS) is 11.3. The van der Waals surface area contributed by atoms with Crippen LogP contribution in [0.25, 0.3) is 10.3 Å². The molecule has 0 unspecified atom stereocenters. The van der Waals surface area contributed by atoms with Crippen LogP contribution in [-0.4, -0.2) is 32.6 Å². The zero-order valence-electron chi connectivity index (χ0n) is 14.3. The minimum atomic E-state index is -0.635. The topological polar surface area (TPSA) is 80.2 Å². The molecule has 3 aromatic heterocycles. The minimum Gasteiger partial charge on any atom is -0.355 e. The van der Waals surface area contributed by atoms with E-state index in [0.29, 0.717) is 12.4 Å². The number of carbonyl (C=O) groups is 1. The first-order valence-electron chi connectivity index (χ1n) is 7.89. The number of fused-ring (bicyclic) bond motifs is 1. The summed E-state index contributed by atoms with van der Waals surface area (Å²) in [4.78, 5) is 31.9. The first-order valence-corrected chi connectivity index (χ1v) is 8.77. The Balaban J connectivity index is 1.72. The van der Waals surface area contributed by atoms with Crippen molar-refractivity contribution in [2.75, 3.05) is 6.54 Å². The van der Waals surface area contributed by atoms with Crippen LogP contribution in [0, 0.1) is 0 Å². The third kappa shape index (κ3) is 3.85. The molecule has 25 heavy (non-hydrogen) atoms. The molecule has 0 saturated carbocycles. The molecule has 0 radical (unpaired) electrons. The number of thiazole rings is 1. The number of hydroxylamine groups is 2. The Hall–Kier alpha value is -2.74. The van der Waals surface area contributed by atoms with E-state index >= 15 is 0 Å². The summed E-state index contributed by atoms with van der Waals surface area (Å²) in [7, 11) is 0. The fraction of sp³-hybridized carbons (Fsp3) is 0.294. The predicted octanol–water partition coefficient (Wildman–Crippen LogP) is 3.35. The number of hydrogen-bond acceptors (Lipinski definition) is 6. The predicted molar refractivity (Wildman–Crippen MR) is 96.2 cm³/mol. The van der Waals surface area contributed by atoms with Gasteiger partial charge in [-0.25, -0.2) is 9.78 Å². The Kier molecular flexibility index (Phi) is 4.80. The van der Waals surface area contributed by atoms with E-state index in [0.717, 1.165) is 16.0 Å². The minimum absolute atomic E-state index is 0.351. The van der Waals surface area contributed by atoms with E-state index in [4.69, 9.17) is 4.84 Å². The molecule has 3 aromatic rings. The molecular formula is C17H19N5O2S. The number of urea groups is 1. The van der Waals surface area contributed by atoms with Gasteiger partial charge in [0, 0.05) is 12.3 Å². The van der Waals surface area contributed by atoms with Crippen LogP contribution < -0.4 is 10.2 Å². The van der Waals surface area contributed by atoms with Crippen LogP contribution in [0.2, 0.25) is 0 Å². The van der Waals surface area contributed by atoms with Crippen LogP contribution in [0.15, 0.2) is 42.0 Å². The molecule has 3 rings (SSSR count). The van der Waals surface area contributed by atoms with Crippen molar-refractivity contribution in [3.8, 4) is 5.88 Å². The molecule has 0 fully saturated rings. The molecule has 8 heteroatoms. The summed E-state index contributed by atoms with van der Waals surface area (Å²) in [6.07, 6.45) is 1.70. The van der Waals surface area contributed by atoms with Gasteiger partial charge in [0.25, 0.3) is 0 Å². The Morgan fingerprint density at radius 2 is 2.12 bits per heavy atom. The fourth-order valence-electron chi connectivity index (χ4n) is 2.27. The van der Waals surface area contributed by atoms with E-state index in [-0.39, 0.29) is 6.03 Å². The Morgan fingerprint density at radius 3 is 2.84 bits per heavy atom. The summed E-state index contributed by atoms with van der Waals surface area (Å²) in [6.45, 7) is 5.98. The van der Waals surface area contributed by atoms with Crippen molar-refractivity contribution in [3.63, 3.8) is 0 Å². The molecule has 3 heterocycles. The van der Waals surface area contributed by atoms with E-state index in [9.17, 15) is 4.79 Å². The maximum atomic E-state index is 12.6. The van der Waals surface area contributed by atoms with Gasteiger partial charge in [-0.3, -0.25) is 4.98 Å². The van der Waals surface area contributed by atoms with Crippen LogP contribution in [0.5, 0.6) is 5.88 Å². The first-order chi connectivity index (χ1) is 12.0. The summed E-state index contributed by atoms with van der Waals surface area (Å²) < 4.78 is 0. The van der Waals surface area contributed by atoms with Gasteiger partial charge >= 0.3 is 6.03 Å². The number of aromatic nitrogens is 3. The van der Waals surface area contributed by atoms with Crippen LogP contribution in [0.1, 0.15) is 26.5 Å². The van der Waals surface area contributed by atoms with Gasteiger partial charge in [0.2, 0.25) is 5.88 Å². The molecule has 0 aliphatic carbocycles. The second kappa shape index (κ2) is 7.02. The number of nitrogens with one attached hydrogen (secondary N) is 1. The maximum absolute atomic E-state index is 12.6. The lowest BCUT2D eigenvalue weighted by Crippen LogP contribution is -2.49. The van der Waals surface area contributed by atoms with Gasteiger partial charge in [-0.05, 0) is 39.0 Å². The molecule has 0 atom stereocenters. The molecule has 7 nitrogen and oxygen atoms in total. The molecule has 0 bridgehead atoms. The van der Waals surface area contributed by atoms with Crippen LogP contribution in [-0.2, 0) is 5.54 Å². The molecule has 0 aromatic carbocycles. The lowest BCUT2D eigenvalue weighted by atomic mass is 10.0. The SMILES string of the molecule is CCN(Oc1ccc2ncsc2n1)C(=O)NC(C)(C)c1ccccn1. The number of pyridine rings is 2. The van der Waals surface area contributed by atoms with Crippen molar-refractivity contribution < 1.29 is 9.63 Å². The number of carbonyl (C=O) groups excluding carboxylic acids is 1. The monoisotopic (exact) mass is 357 g/mol. The second-order valence-corrected chi connectivity index (χ2v) is 6.72. The van der Waals surface area contributed by atoms with Gasteiger partial charge in [-0.1, -0.05) is 6.07 Å². The highest BCUT2D eigenvalue weighted by atomic mass is 32.1. The van der Waals surface area contributed by atoms with E-state index in [1.165, 1.54) is 16.4 Å². The molecule has 0 saturated heterocycles. The molecule has 130 valence electrons. The molecular weight excluding hydrogens is 338 g/mol. The molecule has 0 aliphatic heterocycles. The van der Waals surface area contributed by atoms with Gasteiger partial charge in [-0.15, -0.1) is 11.3 Å². The van der Waals surface area contributed by atoms with E-state index < -0.39 is 5.54 Å². The summed E-state index contributed by atoms with van der Waals surface area (Å²) in [6, 6.07) is 8.75. The van der Waals surface area contributed by atoms with Crippen LogP contribution in [0.3, 0.4) is 0 Å². The van der Waals surface area contributed by atoms with E-state index in [1.54, 1.807) is 17.8 Å². The molecule has 2 amide bonds. The van der Waals surface area contributed by atoms with Crippen molar-refractivity contribution in [1.82, 2.24) is 25.3 Å². The highest BCUT2D eigenvalue weighted by Crippen LogP contribution is 2.21. The zero-order chi connectivity index (χ0) is 17.9. The Bertz CT molecular complexity index is 866. The summed E-state index contributed by atoms with van der Waals surface area (Å²) in [5.74, 6) is 0.351. The highest BCUT2D eigenvalue weighted by Gasteiger charge is 2.27. The Morgan fingerprint density at radius 1 is 1.28 bits per heavy atom. The zero-order valence-corrected chi connectivity index (χ0v) is 15.1. The van der Waals surface area contributed by atoms with Crippen molar-refractivity contribution in [3.05, 3.63) is 47.7 Å². The molecule has 0 aliphatic rings. The number of rotatable bonds is 5. The molecule has 0 spiro atoms.